The second kappa shape index (κ2) is 4.28. The van der Waals surface area contributed by atoms with E-state index in [0.717, 1.165) is 24.0 Å². The molecule has 0 aliphatic carbocycles. The third-order valence-electron chi connectivity index (χ3n) is 2.64. The summed E-state index contributed by atoms with van der Waals surface area (Å²) in [4.78, 5) is 6.32. The molecule has 0 radical (unpaired) electrons. The number of rotatable bonds is 2. The van der Waals surface area contributed by atoms with Gasteiger partial charge in [0.1, 0.15) is 0 Å². The maximum absolute atomic E-state index is 9.05. The Morgan fingerprint density at radius 3 is 3.14 bits per heavy atom. The van der Waals surface area contributed by atoms with Gasteiger partial charge in [-0.2, -0.15) is 0 Å². The number of hydrogen-bond acceptors (Lipinski definition) is 3. The van der Waals surface area contributed by atoms with Crippen molar-refractivity contribution in [2.24, 2.45) is 5.92 Å². The summed E-state index contributed by atoms with van der Waals surface area (Å²) in [5, 5.41) is 9.05. The highest BCUT2D eigenvalue weighted by atomic mass is 79.9. The maximum Gasteiger partial charge on any atom is 0.0592 e. The molecule has 14 heavy (non-hydrogen) atoms. The van der Waals surface area contributed by atoms with Crippen LogP contribution in [0, 0.1) is 5.92 Å². The second-order valence-corrected chi connectivity index (χ2v) is 4.46. The van der Waals surface area contributed by atoms with Gasteiger partial charge in [-0.05, 0) is 28.4 Å². The fourth-order valence-corrected chi connectivity index (χ4v) is 2.33. The van der Waals surface area contributed by atoms with Crippen LogP contribution in [-0.4, -0.2) is 29.8 Å². The lowest BCUT2D eigenvalue weighted by Gasteiger charge is -2.19. The summed E-state index contributed by atoms with van der Waals surface area (Å²) in [6, 6.07) is 2.00. The molecule has 0 saturated carbocycles. The Labute approximate surface area is 91.9 Å². The predicted molar refractivity (Wildman–Crippen MR) is 59.3 cm³/mol. The van der Waals surface area contributed by atoms with Gasteiger partial charge < -0.3 is 10.0 Å². The molecule has 0 amide bonds. The molecule has 1 N–H and O–H groups in total. The Morgan fingerprint density at radius 2 is 2.50 bits per heavy atom. The van der Waals surface area contributed by atoms with E-state index < -0.39 is 0 Å². The number of aliphatic hydroxyl groups excluding tert-OH is 1. The normalized spacial score (nSPS) is 21.6. The van der Waals surface area contributed by atoms with E-state index in [1.807, 2.05) is 12.3 Å². The van der Waals surface area contributed by atoms with Crippen LogP contribution in [0.3, 0.4) is 0 Å². The van der Waals surface area contributed by atoms with Crippen LogP contribution >= 0.6 is 15.9 Å². The van der Waals surface area contributed by atoms with E-state index in [-0.39, 0.29) is 0 Å². The summed E-state index contributed by atoms with van der Waals surface area (Å²) in [5.74, 6) is 0.426. The Hall–Kier alpha value is -0.610. The molecule has 4 heteroatoms. The molecule has 1 aromatic heterocycles. The maximum atomic E-state index is 9.05. The fourth-order valence-electron chi connectivity index (χ4n) is 1.82. The van der Waals surface area contributed by atoms with Gasteiger partial charge in [0.25, 0.3) is 0 Å². The van der Waals surface area contributed by atoms with E-state index >= 15 is 0 Å². The molecule has 2 heterocycles. The fraction of sp³-hybridized carbons (Fsp3) is 0.500. The topological polar surface area (TPSA) is 36.4 Å². The van der Waals surface area contributed by atoms with Crippen LogP contribution in [0.1, 0.15) is 6.42 Å². The van der Waals surface area contributed by atoms with Gasteiger partial charge in [-0.1, -0.05) is 0 Å². The molecule has 3 nitrogen and oxygen atoms in total. The van der Waals surface area contributed by atoms with E-state index in [1.165, 1.54) is 5.69 Å². The van der Waals surface area contributed by atoms with Gasteiger partial charge in [0, 0.05) is 38.0 Å². The molecule has 1 fully saturated rings. The highest BCUT2D eigenvalue weighted by molar-refractivity contribution is 9.10. The highest BCUT2D eigenvalue weighted by Crippen LogP contribution is 2.29. The zero-order valence-electron chi connectivity index (χ0n) is 7.86. The molecule has 0 spiro atoms. The van der Waals surface area contributed by atoms with Crippen molar-refractivity contribution in [2.75, 3.05) is 24.6 Å². The van der Waals surface area contributed by atoms with Crippen LogP contribution in [0.25, 0.3) is 0 Å². The van der Waals surface area contributed by atoms with Crippen molar-refractivity contribution in [2.45, 2.75) is 6.42 Å². The molecule has 1 aromatic rings. The van der Waals surface area contributed by atoms with Crippen molar-refractivity contribution in [3.05, 3.63) is 22.9 Å². The van der Waals surface area contributed by atoms with Gasteiger partial charge in [-0.25, -0.2) is 0 Å². The number of pyridine rings is 1. The van der Waals surface area contributed by atoms with Crippen molar-refractivity contribution in [3.63, 3.8) is 0 Å². The number of aliphatic hydroxyl groups is 1. The van der Waals surface area contributed by atoms with Crippen molar-refractivity contribution in [3.8, 4) is 0 Å². The standard InChI is InChI=1S/C10H13BrN2O/c11-9-5-12-3-1-10(9)13-4-2-8(6-13)7-14/h1,3,5,8,14H,2,4,6-7H2. The van der Waals surface area contributed by atoms with Crippen LogP contribution in [0.15, 0.2) is 22.9 Å². The molecule has 0 aromatic carbocycles. The highest BCUT2D eigenvalue weighted by Gasteiger charge is 2.22. The van der Waals surface area contributed by atoms with Crippen molar-refractivity contribution in [1.82, 2.24) is 4.98 Å². The summed E-state index contributed by atoms with van der Waals surface area (Å²) in [7, 11) is 0. The summed E-state index contributed by atoms with van der Waals surface area (Å²) < 4.78 is 1.03. The van der Waals surface area contributed by atoms with E-state index in [2.05, 4.69) is 25.8 Å². The summed E-state index contributed by atoms with van der Waals surface area (Å²) in [6.45, 7) is 2.26. The summed E-state index contributed by atoms with van der Waals surface area (Å²) in [5.41, 5.74) is 1.18. The number of anilines is 1. The average molecular weight is 257 g/mol. The van der Waals surface area contributed by atoms with Crippen molar-refractivity contribution in [1.29, 1.82) is 0 Å². The van der Waals surface area contributed by atoms with Crippen LogP contribution in [0.5, 0.6) is 0 Å². The lowest BCUT2D eigenvalue weighted by atomic mass is 10.1. The Kier molecular flexibility index (Phi) is 3.03. The zero-order valence-corrected chi connectivity index (χ0v) is 9.44. The van der Waals surface area contributed by atoms with E-state index in [9.17, 15) is 0 Å². The number of hydrogen-bond donors (Lipinski definition) is 1. The third kappa shape index (κ3) is 1.91. The first kappa shape index (κ1) is 9.93. The van der Waals surface area contributed by atoms with Gasteiger partial charge in [0.05, 0.1) is 10.2 Å². The molecule has 1 unspecified atom stereocenters. The SMILES string of the molecule is OCC1CCN(c2ccncc2Br)C1. The van der Waals surface area contributed by atoms with Gasteiger partial charge in [0.2, 0.25) is 0 Å². The van der Waals surface area contributed by atoms with Crippen LogP contribution < -0.4 is 4.90 Å². The van der Waals surface area contributed by atoms with Crippen LogP contribution in [0.4, 0.5) is 5.69 Å². The van der Waals surface area contributed by atoms with Crippen molar-refractivity contribution >= 4 is 21.6 Å². The van der Waals surface area contributed by atoms with E-state index in [1.54, 1.807) is 6.20 Å². The molecular formula is C10H13BrN2O. The second-order valence-electron chi connectivity index (χ2n) is 3.61. The molecule has 1 atom stereocenters. The molecule has 76 valence electrons. The van der Waals surface area contributed by atoms with E-state index in [4.69, 9.17) is 5.11 Å². The Morgan fingerprint density at radius 1 is 1.64 bits per heavy atom. The summed E-state index contributed by atoms with van der Waals surface area (Å²) in [6.07, 6.45) is 4.68. The number of nitrogens with zero attached hydrogens (tertiary/aromatic N) is 2. The van der Waals surface area contributed by atoms with Gasteiger partial charge >= 0.3 is 0 Å². The molecule has 2 rings (SSSR count). The molecule has 1 aliphatic heterocycles. The van der Waals surface area contributed by atoms with Crippen LogP contribution in [0.2, 0.25) is 0 Å². The van der Waals surface area contributed by atoms with Gasteiger partial charge in [0.15, 0.2) is 0 Å². The minimum absolute atomic E-state index is 0.291. The van der Waals surface area contributed by atoms with Crippen molar-refractivity contribution < 1.29 is 5.11 Å². The quantitative estimate of drug-likeness (QED) is 0.875. The monoisotopic (exact) mass is 256 g/mol. The minimum Gasteiger partial charge on any atom is -0.396 e. The van der Waals surface area contributed by atoms with Gasteiger partial charge in [-0.15, -0.1) is 0 Å². The number of halogens is 1. The average Bonchev–Trinajstić information content (AvgIpc) is 2.67. The van der Waals surface area contributed by atoms with E-state index in [0.29, 0.717) is 12.5 Å². The zero-order chi connectivity index (χ0) is 9.97. The minimum atomic E-state index is 0.291. The first-order valence-corrected chi connectivity index (χ1v) is 5.56. The lowest BCUT2D eigenvalue weighted by molar-refractivity contribution is 0.238. The predicted octanol–water partition coefficient (Wildman–Crippen LogP) is 1.66. The lowest BCUT2D eigenvalue weighted by Crippen LogP contribution is -2.20. The molecule has 1 aliphatic rings. The first-order chi connectivity index (χ1) is 6.81. The molecule has 0 bridgehead atoms. The largest absolute Gasteiger partial charge is 0.396 e. The summed E-state index contributed by atoms with van der Waals surface area (Å²) >= 11 is 3.48. The smallest absolute Gasteiger partial charge is 0.0592 e. The molecular weight excluding hydrogens is 244 g/mol. The Bertz CT molecular complexity index is 319. The third-order valence-corrected chi connectivity index (χ3v) is 3.25. The first-order valence-electron chi connectivity index (χ1n) is 4.76. The van der Waals surface area contributed by atoms with Crippen LogP contribution in [-0.2, 0) is 0 Å². The Balaban J connectivity index is 2.13. The van der Waals surface area contributed by atoms with Gasteiger partial charge in [-0.3, -0.25) is 4.98 Å². The number of aromatic nitrogens is 1. The molecule has 1 saturated heterocycles.